The van der Waals surface area contributed by atoms with Gasteiger partial charge in [-0.1, -0.05) is 29.8 Å². The third-order valence-corrected chi connectivity index (χ3v) is 5.00. The fourth-order valence-electron chi connectivity index (χ4n) is 3.56. The molecule has 0 aliphatic carbocycles. The molecule has 138 valence electrons. The lowest BCUT2D eigenvalue weighted by Crippen LogP contribution is -2.41. The number of morpholine rings is 1. The van der Waals surface area contributed by atoms with E-state index in [2.05, 4.69) is 15.3 Å². The van der Waals surface area contributed by atoms with Gasteiger partial charge >= 0.3 is 0 Å². The number of ether oxygens (including phenoxy) is 1. The number of nitrogens with one attached hydrogen (secondary N) is 2. The number of rotatable bonds is 2. The Balaban J connectivity index is 1.84. The van der Waals surface area contributed by atoms with Crippen molar-refractivity contribution in [2.75, 3.05) is 36.5 Å². The molecule has 8 heteroatoms. The number of aryl methyl sites for hydroxylation is 1. The maximum atomic E-state index is 12.9. The molecule has 27 heavy (non-hydrogen) atoms. The Hall–Kier alpha value is -3.18. The number of amides is 1. The summed E-state index contributed by atoms with van der Waals surface area (Å²) in [4.78, 5) is 34.7. The van der Waals surface area contributed by atoms with Gasteiger partial charge in [-0.3, -0.25) is 14.6 Å². The van der Waals surface area contributed by atoms with E-state index in [9.17, 15) is 14.9 Å². The van der Waals surface area contributed by atoms with Crippen molar-refractivity contribution in [3.8, 4) is 6.07 Å². The quantitative estimate of drug-likeness (QED) is 0.826. The van der Waals surface area contributed by atoms with E-state index in [1.54, 1.807) is 0 Å². The van der Waals surface area contributed by atoms with Crippen molar-refractivity contribution in [1.29, 1.82) is 5.26 Å². The third kappa shape index (κ3) is 3.06. The van der Waals surface area contributed by atoms with Crippen molar-refractivity contribution < 1.29 is 9.53 Å². The van der Waals surface area contributed by atoms with Crippen molar-refractivity contribution in [2.24, 2.45) is 5.92 Å². The van der Waals surface area contributed by atoms with Gasteiger partial charge in [0.15, 0.2) is 0 Å². The first-order valence-corrected chi connectivity index (χ1v) is 8.82. The van der Waals surface area contributed by atoms with Crippen molar-refractivity contribution in [3.63, 3.8) is 0 Å². The first-order valence-electron chi connectivity index (χ1n) is 8.82. The predicted octanol–water partition coefficient (Wildman–Crippen LogP) is 1.14. The minimum Gasteiger partial charge on any atom is -0.378 e. The molecule has 0 saturated carbocycles. The summed E-state index contributed by atoms with van der Waals surface area (Å²) in [7, 11) is 0. The highest BCUT2D eigenvalue weighted by atomic mass is 16.5. The van der Waals surface area contributed by atoms with E-state index in [4.69, 9.17) is 4.74 Å². The highest BCUT2D eigenvalue weighted by molar-refractivity contribution is 5.97. The van der Waals surface area contributed by atoms with Gasteiger partial charge in [0.25, 0.3) is 5.56 Å². The van der Waals surface area contributed by atoms with Gasteiger partial charge in [0.2, 0.25) is 11.9 Å². The van der Waals surface area contributed by atoms with Gasteiger partial charge in [0.1, 0.15) is 11.7 Å². The molecule has 1 saturated heterocycles. The minimum atomic E-state index is -0.989. The van der Waals surface area contributed by atoms with Crippen LogP contribution in [0.3, 0.4) is 0 Å². The number of H-pyrrole nitrogens is 1. The predicted molar refractivity (Wildman–Crippen MR) is 98.6 cm³/mol. The Bertz CT molecular complexity index is 970. The molecule has 1 amide bonds. The number of nitriles is 1. The van der Waals surface area contributed by atoms with Crippen LogP contribution in [0.25, 0.3) is 0 Å². The number of hydrogen-bond acceptors (Lipinski definition) is 6. The summed E-state index contributed by atoms with van der Waals surface area (Å²) in [5.74, 6) is -1.46. The largest absolute Gasteiger partial charge is 0.378 e. The number of benzene rings is 1. The van der Waals surface area contributed by atoms with Gasteiger partial charge in [0, 0.05) is 19.0 Å². The molecule has 1 aromatic carbocycles. The van der Waals surface area contributed by atoms with E-state index in [1.165, 1.54) is 0 Å². The summed E-state index contributed by atoms with van der Waals surface area (Å²) in [5.41, 5.74) is 1.78. The normalized spacial score (nSPS) is 21.9. The molecule has 3 heterocycles. The van der Waals surface area contributed by atoms with Crippen LogP contribution < -0.4 is 15.8 Å². The lowest BCUT2D eigenvalue weighted by Gasteiger charge is -2.31. The van der Waals surface area contributed by atoms with E-state index in [0.29, 0.717) is 37.8 Å². The molecule has 4 rings (SSSR count). The standard InChI is InChI=1S/C19H19N5O3/c1-11-2-4-12(5-3-11)14-13(10-20)17(25)21-16-15(14)18(26)23-19(22-16)24-6-8-27-9-7-24/h2-5,13-14H,6-9H2,1H3,(H2,21,22,23,25,26). The molecule has 8 nitrogen and oxygen atoms in total. The van der Waals surface area contributed by atoms with Gasteiger partial charge in [-0.05, 0) is 12.5 Å². The molecule has 2 aliphatic heterocycles. The second-order valence-corrected chi connectivity index (χ2v) is 6.74. The second kappa shape index (κ2) is 6.85. The average molecular weight is 365 g/mol. The molecular formula is C19H19N5O3. The lowest BCUT2D eigenvalue weighted by atomic mass is 9.79. The molecule has 2 aromatic rings. The summed E-state index contributed by atoms with van der Waals surface area (Å²) in [6, 6.07) is 9.55. The summed E-state index contributed by atoms with van der Waals surface area (Å²) in [6.07, 6.45) is 0. The molecule has 0 spiro atoms. The number of fused-ring (bicyclic) bond motifs is 1. The van der Waals surface area contributed by atoms with Crippen LogP contribution in [0.1, 0.15) is 22.6 Å². The van der Waals surface area contributed by atoms with Crippen LogP contribution in [-0.4, -0.2) is 42.2 Å². The molecule has 2 unspecified atom stereocenters. The van der Waals surface area contributed by atoms with Crippen molar-refractivity contribution in [3.05, 3.63) is 51.3 Å². The number of carbonyl (C=O) groups is 1. The maximum Gasteiger partial charge on any atom is 0.258 e. The fourth-order valence-corrected chi connectivity index (χ4v) is 3.56. The van der Waals surface area contributed by atoms with Crippen LogP contribution in [0.15, 0.2) is 29.1 Å². The van der Waals surface area contributed by atoms with Gasteiger partial charge in [0.05, 0.1) is 24.8 Å². The van der Waals surface area contributed by atoms with Crippen LogP contribution in [0.5, 0.6) is 0 Å². The fraction of sp³-hybridized carbons (Fsp3) is 0.368. The smallest absolute Gasteiger partial charge is 0.258 e. The maximum absolute atomic E-state index is 12.9. The molecule has 1 fully saturated rings. The summed E-state index contributed by atoms with van der Waals surface area (Å²) in [6.45, 7) is 4.27. The molecular weight excluding hydrogens is 346 g/mol. The summed E-state index contributed by atoms with van der Waals surface area (Å²) >= 11 is 0. The monoisotopic (exact) mass is 365 g/mol. The SMILES string of the molecule is Cc1ccc(C2c3c(nc(N4CCOCC4)[nH]c3=O)NC(=O)C2C#N)cc1. The Labute approximate surface area is 155 Å². The van der Waals surface area contributed by atoms with E-state index < -0.39 is 17.7 Å². The van der Waals surface area contributed by atoms with Gasteiger partial charge in [-0.2, -0.15) is 10.2 Å². The molecule has 0 bridgehead atoms. The second-order valence-electron chi connectivity index (χ2n) is 6.74. The number of aromatic nitrogens is 2. The Kier molecular flexibility index (Phi) is 4.38. The Morgan fingerprint density at radius 1 is 1.22 bits per heavy atom. The first-order chi connectivity index (χ1) is 13.1. The Morgan fingerprint density at radius 2 is 1.93 bits per heavy atom. The highest BCUT2D eigenvalue weighted by Gasteiger charge is 2.40. The average Bonchev–Trinajstić information content (AvgIpc) is 2.68. The summed E-state index contributed by atoms with van der Waals surface area (Å²) in [5, 5.41) is 12.2. The number of nitrogens with zero attached hydrogens (tertiary/aromatic N) is 3. The zero-order valence-corrected chi connectivity index (χ0v) is 14.9. The van der Waals surface area contributed by atoms with Crippen LogP contribution >= 0.6 is 0 Å². The van der Waals surface area contributed by atoms with Gasteiger partial charge in [-0.15, -0.1) is 0 Å². The summed E-state index contributed by atoms with van der Waals surface area (Å²) < 4.78 is 5.33. The van der Waals surface area contributed by atoms with E-state index in [0.717, 1.165) is 11.1 Å². The number of anilines is 2. The minimum absolute atomic E-state index is 0.224. The molecule has 2 atom stereocenters. The van der Waals surface area contributed by atoms with Gasteiger partial charge in [-0.25, -0.2) is 0 Å². The van der Waals surface area contributed by atoms with E-state index >= 15 is 0 Å². The molecule has 0 radical (unpaired) electrons. The zero-order chi connectivity index (χ0) is 19.0. The van der Waals surface area contributed by atoms with Crippen LogP contribution in [0.2, 0.25) is 0 Å². The number of hydrogen-bond donors (Lipinski definition) is 2. The zero-order valence-electron chi connectivity index (χ0n) is 14.9. The number of aromatic amines is 1. The van der Waals surface area contributed by atoms with Crippen molar-refractivity contribution in [2.45, 2.75) is 12.8 Å². The molecule has 2 aliphatic rings. The lowest BCUT2D eigenvalue weighted by molar-refractivity contribution is -0.119. The first kappa shape index (κ1) is 17.2. The van der Waals surface area contributed by atoms with Crippen molar-refractivity contribution in [1.82, 2.24) is 9.97 Å². The van der Waals surface area contributed by atoms with Crippen LogP contribution in [0, 0.1) is 24.2 Å². The topological polar surface area (TPSA) is 111 Å². The van der Waals surface area contributed by atoms with Crippen LogP contribution in [0.4, 0.5) is 11.8 Å². The molecule has 1 aromatic heterocycles. The third-order valence-electron chi connectivity index (χ3n) is 5.00. The van der Waals surface area contributed by atoms with Gasteiger partial charge < -0.3 is 15.0 Å². The highest BCUT2D eigenvalue weighted by Crippen LogP contribution is 2.38. The molecule has 2 N–H and O–H groups in total. The Morgan fingerprint density at radius 3 is 2.59 bits per heavy atom. The van der Waals surface area contributed by atoms with E-state index in [1.807, 2.05) is 42.2 Å². The number of carbonyl (C=O) groups excluding carboxylic acids is 1. The van der Waals surface area contributed by atoms with E-state index in [-0.39, 0.29) is 11.4 Å². The van der Waals surface area contributed by atoms with Crippen LogP contribution in [-0.2, 0) is 9.53 Å². The van der Waals surface area contributed by atoms with Crippen molar-refractivity contribution >= 4 is 17.7 Å².